The third-order valence-electron chi connectivity index (χ3n) is 5.48. The second-order valence-electron chi connectivity index (χ2n) is 8.01. The van der Waals surface area contributed by atoms with Crippen molar-refractivity contribution in [1.29, 1.82) is 0 Å². The summed E-state index contributed by atoms with van der Waals surface area (Å²) in [7, 11) is 0. The Morgan fingerprint density at radius 1 is 1.17 bits per heavy atom. The van der Waals surface area contributed by atoms with E-state index in [1.54, 1.807) is 0 Å². The maximum atomic E-state index is 14.5. The van der Waals surface area contributed by atoms with E-state index < -0.39 is 49.2 Å². The van der Waals surface area contributed by atoms with E-state index in [2.05, 4.69) is 10.3 Å². The first-order valence-electron chi connectivity index (χ1n) is 11.0. The number of anilines is 1. The summed E-state index contributed by atoms with van der Waals surface area (Å²) in [4.78, 5) is 51.9. The molecule has 1 aromatic rings. The molecule has 0 radical (unpaired) electrons. The molecular formula is C21H26F2N4O8. The summed E-state index contributed by atoms with van der Waals surface area (Å²) in [5, 5.41) is 21.2. The van der Waals surface area contributed by atoms with Crippen LogP contribution in [0, 0.1) is 0 Å². The molecule has 2 aliphatic rings. The average Bonchev–Trinajstić information content (AvgIpc) is 3.09. The van der Waals surface area contributed by atoms with Crippen LogP contribution < -0.4 is 11.0 Å². The normalized spacial score (nSPS) is 26.6. The smallest absolute Gasteiger partial charge is 0.412 e. The Hall–Kier alpha value is -3.23. The molecule has 2 aliphatic heterocycles. The highest BCUT2D eigenvalue weighted by molar-refractivity contribution is 6.12. The lowest BCUT2D eigenvalue weighted by molar-refractivity contribution is -0.136. The van der Waals surface area contributed by atoms with Crippen molar-refractivity contribution in [3.8, 4) is 0 Å². The number of nitrogens with zero attached hydrogens (tertiary/aromatic N) is 3. The number of alkyl halides is 2. The van der Waals surface area contributed by atoms with E-state index in [0.717, 1.165) is 17.2 Å². The highest BCUT2D eigenvalue weighted by Crippen LogP contribution is 2.30. The van der Waals surface area contributed by atoms with Gasteiger partial charge in [0, 0.05) is 31.3 Å². The number of hydrogen-bond acceptors (Lipinski definition) is 9. The fraction of sp³-hybridized carbons (Fsp3) is 0.571. The molecule has 0 saturated carbocycles. The lowest BCUT2D eigenvalue weighted by Crippen LogP contribution is -2.39. The number of imide groups is 1. The van der Waals surface area contributed by atoms with Crippen molar-refractivity contribution in [2.75, 3.05) is 25.1 Å². The van der Waals surface area contributed by atoms with Gasteiger partial charge in [-0.05, 0) is 25.3 Å². The van der Waals surface area contributed by atoms with Gasteiger partial charge in [0.25, 0.3) is 11.8 Å². The number of nitrogens with one attached hydrogen (secondary N) is 1. The van der Waals surface area contributed by atoms with Crippen molar-refractivity contribution in [2.24, 2.45) is 0 Å². The van der Waals surface area contributed by atoms with Crippen LogP contribution >= 0.6 is 0 Å². The second kappa shape index (κ2) is 12.0. The zero-order valence-corrected chi connectivity index (χ0v) is 18.6. The minimum Gasteiger partial charge on any atom is -0.449 e. The van der Waals surface area contributed by atoms with Crippen LogP contribution in [0.5, 0.6) is 0 Å². The molecule has 192 valence electrons. The van der Waals surface area contributed by atoms with Crippen LogP contribution in [0.3, 0.4) is 0 Å². The van der Waals surface area contributed by atoms with Crippen LogP contribution in [0.1, 0.15) is 31.9 Å². The van der Waals surface area contributed by atoms with Crippen LogP contribution in [0.4, 0.5) is 19.4 Å². The molecule has 1 saturated heterocycles. The number of halogens is 2. The SMILES string of the molecule is O=C(Nc1ccn([C@@H]2O[C@H](CO)C[C@H](O)[C@@H](F)C2F)c(=O)n1)OCCCCCN1C(=O)C=CC1=O. The summed E-state index contributed by atoms with van der Waals surface area (Å²) in [5.74, 6) is -0.916. The predicted octanol–water partition coefficient (Wildman–Crippen LogP) is 0.204. The molecule has 3 rings (SSSR count). The highest BCUT2D eigenvalue weighted by atomic mass is 19.2. The lowest BCUT2D eigenvalue weighted by Gasteiger charge is -2.24. The van der Waals surface area contributed by atoms with Gasteiger partial charge in [0.1, 0.15) is 5.82 Å². The van der Waals surface area contributed by atoms with Gasteiger partial charge in [-0.15, -0.1) is 0 Å². The minimum absolute atomic E-state index is 0.0330. The molecule has 3 heterocycles. The van der Waals surface area contributed by atoms with E-state index in [-0.39, 0.29) is 37.2 Å². The average molecular weight is 500 g/mol. The largest absolute Gasteiger partial charge is 0.449 e. The van der Waals surface area contributed by atoms with Gasteiger partial charge in [0.15, 0.2) is 18.6 Å². The van der Waals surface area contributed by atoms with E-state index in [0.29, 0.717) is 23.8 Å². The summed E-state index contributed by atoms with van der Waals surface area (Å²) in [6, 6.07) is 1.15. The quantitative estimate of drug-likeness (QED) is 0.318. The molecule has 14 heteroatoms. The number of hydrogen-bond donors (Lipinski definition) is 3. The Kier molecular flexibility index (Phi) is 9.01. The van der Waals surface area contributed by atoms with E-state index in [1.807, 2.05) is 0 Å². The van der Waals surface area contributed by atoms with Crippen molar-refractivity contribution in [3.05, 3.63) is 34.9 Å². The Bertz CT molecular complexity index is 1000. The zero-order chi connectivity index (χ0) is 25.5. The summed E-state index contributed by atoms with van der Waals surface area (Å²) < 4.78 is 39.6. The number of unbranched alkanes of at least 4 members (excludes halogenated alkanes) is 2. The van der Waals surface area contributed by atoms with Gasteiger partial charge in [-0.1, -0.05) is 0 Å². The Morgan fingerprint density at radius 3 is 2.54 bits per heavy atom. The zero-order valence-electron chi connectivity index (χ0n) is 18.6. The molecule has 35 heavy (non-hydrogen) atoms. The van der Waals surface area contributed by atoms with Crippen molar-refractivity contribution in [1.82, 2.24) is 14.5 Å². The molecule has 5 atom stereocenters. The summed E-state index contributed by atoms with van der Waals surface area (Å²) in [6.45, 7) is -0.319. The van der Waals surface area contributed by atoms with Crippen LogP contribution in [0.15, 0.2) is 29.2 Å². The van der Waals surface area contributed by atoms with Gasteiger partial charge in [-0.3, -0.25) is 24.4 Å². The highest BCUT2D eigenvalue weighted by Gasteiger charge is 2.42. The van der Waals surface area contributed by atoms with Crippen LogP contribution in [0.2, 0.25) is 0 Å². The molecule has 0 aromatic carbocycles. The molecule has 0 spiro atoms. The van der Waals surface area contributed by atoms with E-state index in [9.17, 15) is 38.2 Å². The standard InChI is InChI=1S/C21H26F2N4O8/c22-17-13(29)10-12(11-28)35-19(18(17)23)27-8-6-14(24-20(27)32)25-21(33)34-9-3-1-2-7-26-15(30)4-5-16(26)31/h4-6,8,12-13,17-19,28-29H,1-3,7,9-11H2,(H,24,25,32,33)/t12-,13-,17+,18?,19+/m0/s1. The number of rotatable bonds is 9. The van der Waals surface area contributed by atoms with E-state index in [1.165, 1.54) is 12.2 Å². The Labute approximate surface area is 198 Å². The maximum absolute atomic E-state index is 14.5. The van der Waals surface area contributed by atoms with Crippen molar-refractivity contribution in [2.45, 2.75) is 56.5 Å². The van der Waals surface area contributed by atoms with Gasteiger partial charge >= 0.3 is 11.8 Å². The first kappa shape index (κ1) is 26.4. The van der Waals surface area contributed by atoms with Crippen LogP contribution in [0.25, 0.3) is 0 Å². The molecule has 0 bridgehead atoms. The second-order valence-corrected chi connectivity index (χ2v) is 8.01. The van der Waals surface area contributed by atoms with Crippen LogP contribution in [-0.2, 0) is 19.1 Å². The molecule has 3 amide bonds. The third kappa shape index (κ3) is 6.68. The number of aromatic nitrogens is 2. The molecule has 1 aromatic heterocycles. The summed E-state index contributed by atoms with van der Waals surface area (Å²) in [6.07, 6.45) is -5.54. The monoisotopic (exact) mass is 500 g/mol. The topological polar surface area (TPSA) is 160 Å². The van der Waals surface area contributed by atoms with E-state index in [4.69, 9.17) is 9.47 Å². The Balaban J connectivity index is 1.47. The first-order chi connectivity index (χ1) is 16.7. The number of amides is 3. The molecule has 1 unspecified atom stereocenters. The van der Waals surface area contributed by atoms with Crippen molar-refractivity contribution >= 4 is 23.7 Å². The number of carbonyl (C=O) groups excluding carboxylic acids is 3. The van der Waals surface area contributed by atoms with Gasteiger partial charge < -0.3 is 19.7 Å². The number of aliphatic hydroxyl groups excluding tert-OH is 2. The lowest BCUT2D eigenvalue weighted by atomic mass is 10.1. The van der Waals surface area contributed by atoms with Crippen molar-refractivity contribution in [3.63, 3.8) is 0 Å². The van der Waals surface area contributed by atoms with E-state index >= 15 is 0 Å². The van der Waals surface area contributed by atoms with Crippen LogP contribution in [-0.4, -0.2) is 86.9 Å². The number of aliphatic hydroxyl groups is 2. The summed E-state index contributed by atoms with van der Waals surface area (Å²) >= 11 is 0. The number of ether oxygens (including phenoxy) is 2. The molecular weight excluding hydrogens is 474 g/mol. The predicted molar refractivity (Wildman–Crippen MR) is 115 cm³/mol. The first-order valence-corrected chi connectivity index (χ1v) is 11.0. The summed E-state index contributed by atoms with van der Waals surface area (Å²) in [5.41, 5.74) is -1.06. The molecule has 1 fully saturated rings. The fourth-order valence-corrected chi connectivity index (χ4v) is 3.61. The minimum atomic E-state index is -2.40. The van der Waals surface area contributed by atoms with Gasteiger partial charge in [0.05, 0.1) is 25.4 Å². The van der Waals surface area contributed by atoms with Gasteiger partial charge in [0.2, 0.25) is 0 Å². The third-order valence-corrected chi connectivity index (χ3v) is 5.48. The molecule has 3 N–H and O–H groups in total. The maximum Gasteiger partial charge on any atom is 0.412 e. The molecule has 0 aliphatic carbocycles. The van der Waals surface area contributed by atoms with Crippen molar-refractivity contribution < 1.29 is 42.9 Å². The van der Waals surface area contributed by atoms with Gasteiger partial charge in [-0.2, -0.15) is 4.98 Å². The Morgan fingerprint density at radius 2 is 1.89 bits per heavy atom. The van der Waals surface area contributed by atoms with Gasteiger partial charge in [-0.25, -0.2) is 18.4 Å². The fourth-order valence-electron chi connectivity index (χ4n) is 3.61. The number of carbonyl (C=O) groups is 3. The molecule has 12 nitrogen and oxygen atoms in total.